The molecule has 2 heterocycles. The number of alkyl halides is 2. The fourth-order valence-electron chi connectivity index (χ4n) is 7.10. The molecule has 19 heteroatoms. The summed E-state index contributed by atoms with van der Waals surface area (Å²) in [5.41, 5.74) is -3.83. The van der Waals surface area contributed by atoms with E-state index < -0.39 is 98.3 Å². The molecule has 1 aromatic carbocycles. The molecule has 3 aliphatic rings. The summed E-state index contributed by atoms with van der Waals surface area (Å²) >= 11 is 0. The van der Waals surface area contributed by atoms with E-state index in [2.05, 4.69) is 20.3 Å². The zero-order valence-electron chi connectivity index (χ0n) is 34.0. The monoisotopic (exact) mass is 841 g/mol. The molecule has 322 valence electrons. The highest BCUT2D eigenvalue weighted by atomic mass is 32.2. The molecule has 0 bridgehead atoms. The maximum absolute atomic E-state index is 14.9. The molecule has 2 aliphatic carbocycles. The van der Waals surface area contributed by atoms with E-state index in [0.717, 1.165) is 25.2 Å². The lowest BCUT2D eigenvalue weighted by Crippen LogP contribution is -2.61. The molecule has 15 nitrogen and oxygen atoms in total. The average molecular weight is 842 g/mol. The molecule has 5 rings (SSSR count). The average Bonchev–Trinajstić information content (AvgIpc) is 4.01. The molecule has 1 aliphatic heterocycles. The van der Waals surface area contributed by atoms with Crippen molar-refractivity contribution in [3.63, 3.8) is 0 Å². The normalized spacial score (nSPS) is 24.1. The van der Waals surface area contributed by atoms with Gasteiger partial charge in [-0.2, -0.15) is 0 Å². The van der Waals surface area contributed by atoms with Crippen LogP contribution in [0.3, 0.4) is 0 Å². The maximum atomic E-state index is 14.9. The lowest BCUT2D eigenvalue weighted by molar-refractivity contribution is -0.145. The summed E-state index contributed by atoms with van der Waals surface area (Å²) in [4.78, 5) is 61.4. The van der Waals surface area contributed by atoms with Gasteiger partial charge < -0.3 is 34.5 Å². The predicted molar refractivity (Wildman–Crippen MR) is 205 cm³/mol. The molecule has 7 unspecified atom stereocenters. The number of hydrogen-bond donors (Lipinski definition) is 3. The van der Waals surface area contributed by atoms with Gasteiger partial charge in [-0.05, 0) is 89.3 Å². The fraction of sp³-hybridized carbons (Fsp3) is 0.667. The van der Waals surface area contributed by atoms with E-state index in [1.165, 1.54) is 32.4 Å². The molecule has 1 saturated heterocycles. The van der Waals surface area contributed by atoms with Crippen LogP contribution in [0, 0.1) is 11.7 Å². The first-order chi connectivity index (χ1) is 27.1. The molecule has 3 fully saturated rings. The Balaban J connectivity index is 1.49. The fourth-order valence-corrected chi connectivity index (χ4v) is 8.41. The Morgan fingerprint density at radius 3 is 2.38 bits per heavy atom. The number of pyridine rings is 1. The second-order valence-electron chi connectivity index (χ2n) is 16.4. The van der Waals surface area contributed by atoms with E-state index in [1.807, 2.05) is 6.92 Å². The van der Waals surface area contributed by atoms with Gasteiger partial charge >= 0.3 is 6.09 Å². The van der Waals surface area contributed by atoms with Gasteiger partial charge in [0, 0.05) is 18.0 Å². The topological polar surface area (TPSA) is 192 Å². The van der Waals surface area contributed by atoms with Gasteiger partial charge in [-0.15, -0.1) is 0 Å². The summed E-state index contributed by atoms with van der Waals surface area (Å²) < 4.78 is 92.0. The highest BCUT2D eigenvalue weighted by Gasteiger charge is 2.62. The van der Waals surface area contributed by atoms with Crippen LogP contribution in [-0.2, 0) is 33.9 Å². The first kappa shape index (κ1) is 44.7. The number of rotatable bonds is 18. The molecule has 1 aromatic heterocycles. The van der Waals surface area contributed by atoms with Crippen molar-refractivity contribution in [3.8, 4) is 11.6 Å². The zero-order valence-corrected chi connectivity index (χ0v) is 34.8. The minimum absolute atomic E-state index is 0.0136. The number of fused-ring (bicyclic) bond motifs is 1. The predicted octanol–water partition coefficient (Wildman–Crippen LogP) is 4.75. The third-order valence-corrected chi connectivity index (χ3v) is 13.5. The number of nitrogens with one attached hydrogen (secondary N) is 3. The van der Waals surface area contributed by atoms with Crippen molar-refractivity contribution in [2.75, 3.05) is 13.7 Å². The molecule has 0 radical (unpaired) electrons. The van der Waals surface area contributed by atoms with Gasteiger partial charge in [-0.1, -0.05) is 27.2 Å². The standard InChI is InChI=1S/C39H54F3N5O10S/c1-9-11-22(4)55-28(10-2)30(44-36(51)57-37(5,6)34(41)42)33(49)47-20-24(56-32-25-18-26(40)29(54-8)16-23(25)12-15-43-32)17-27(47)31(48)45-39(19-21(39)3)35(50)46-58(52,53)38(7)13-14-38/h12,15-16,18,21-22,24,27-28,30,34H,9-11,13-14,17,19-20H2,1-8H3,(H,44,51)(H,45,48)(H,46,50). The van der Waals surface area contributed by atoms with Crippen molar-refractivity contribution in [2.24, 2.45) is 5.92 Å². The number of alkyl carbamates (subject to hydrolysis) is 1. The molecular weight excluding hydrogens is 788 g/mol. The first-order valence-corrected chi connectivity index (χ1v) is 21.0. The lowest BCUT2D eigenvalue weighted by atomic mass is 10.0. The molecular formula is C39H54F3N5O10S. The Bertz CT molecular complexity index is 2000. The summed E-state index contributed by atoms with van der Waals surface area (Å²) in [5, 5.41) is 5.93. The molecule has 2 saturated carbocycles. The minimum atomic E-state index is -4.06. The molecule has 2 aromatic rings. The third kappa shape index (κ3) is 9.40. The van der Waals surface area contributed by atoms with E-state index in [4.69, 9.17) is 18.9 Å². The van der Waals surface area contributed by atoms with Gasteiger partial charge in [0.05, 0.1) is 30.6 Å². The first-order valence-electron chi connectivity index (χ1n) is 19.5. The van der Waals surface area contributed by atoms with Gasteiger partial charge in [0.15, 0.2) is 17.2 Å². The number of carbonyl (C=O) groups excluding carboxylic acids is 4. The number of nitrogens with zero attached hydrogens (tertiary/aromatic N) is 2. The molecule has 58 heavy (non-hydrogen) atoms. The summed E-state index contributed by atoms with van der Waals surface area (Å²) in [6.45, 7) is 10.3. The minimum Gasteiger partial charge on any atom is -0.494 e. The number of methoxy groups -OCH3 is 1. The van der Waals surface area contributed by atoms with Crippen LogP contribution in [0.15, 0.2) is 24.4 Å². The summed E-state index contributed by atoms with van der Waals surface area (Å²) in [6, 6.07) is 1.32. The van der Waals surface area contributed by atoms with E-state index in [0.29, 0.717) is 24.6 Å². The summed E-state index contributed by atoms with van der Waals surface area (Å²) in [5.74, 6) is -3.75. The second kappa shape index (κ2) is 17.1. The number of aromatic nitrogens is 1. The van der Waals surface area contributed by atoms with Crippen molar-refractivity contribution in [1.29, 1.82) is 0 Å². The van der Waals surface area contributed by atoms with E-state index in [-0.39, 0.29) is 42.8 Å². The van der Waals surface area contributed by atoms with Gasteiger partial charge in [0.1, 0.15) is 23.7 Å². The van der Waals surface area contributed by atoms with Crippen LogP contribution in [0.5, 0.6) is 11.6 Å². The Hall–Kier alpha value is -4.39. The zero-order chi connectivity index (χ0) is 43.0. The number of sulfonamides is 1. The third-order valence-electron chi connectivity index (χ3n) is 11.3. The largest absolute Gasteiger partial charge is 0.494 e. The van der Waals surface area contributed by atoms with E-state index in [9.17, 15) is 40.8 Å². The number of amides is 4. The van der Waals surface area contributed by atoms with Crippen LogP contribution in [0.2, 0.25) is 0 Å². The van der Waals surface area contributed by atoms with Crippen molar-refractivity contribution in [2.45, 2.75) is 146 Å². The number of carbonyl (C=O) groups is 4. The summed E-state index contributed by atoms with van der Waals surface area (Å²) in [6.07, 6.45) is -3.18. The smallest absolute Gasteiger partial charge is 0.408 e. The van der Waals surface area contributed by atoms with Gasteiger partial charge in [0.25, 0.3) is 12.3 Å². The summed E-state index contributed by atoms with van der Waals surface area (Å²) in [7, 11) is -2.74. The van der Waals surface area contributed by atoms with Gasteiger partial charge in [-0.3, -0.25) is 19.1 Å². The molecule has 3 N–H and O–H groups in total. The lowest BCUT2D eigenvalue weighted by Gasteiger charge is -2.34. The highest BCUT2D eigenvalue weighted by Crippen LogP contribution is 2.46. The van der Waals surface area contributed by atoms with Crippen LogP contribution in [0.1, 0.15) is 93.4 Å². The highest BCUT2D eigenvalue weighted by molar-refractivity contribution is 7.91. The van der Waals surface area contributed by atoms with Crippen molar-refractivity contribution >= 4 is 44.6 Å². The Kier molecular flexibility index (Phi) is 13.2. The van der Waals surface area contributed by atoms with Gasteiger partial charge in [-0.25, -0.2) is 31.4 Å². The molecule has 7 atom stereocenters. The molecule has 4 amide bonds. The van der Waals surface area contributed by atoms with Crippen LogP contribution in [0.25, 0.3) is 10.8 Å². The van der Waals surface area contributed by atoms with Crippen molar-refractivity contribution in [1.82, 2.24) is 25.2 Å². The SMILES string of the molecule is CCCC(C)OC(CC)C(NC(=O)OC(C)(C)C(F)F)C(=O)N1CC(Oc2nccc3cc(OC)c(F)cc23)CC1C(=O)NC1(C(=O)NS(=O)(=O)C2(C)CC2)CC1C. The van der Waals surface area contributed by atoms with Crippen molar-refractivity contribution in [3.05, 3.63) is 30.2 Å². The van der Waals surface area contributed by atoms with Crippen LogP contribution in [0.4, 0.5) is 18.0 Å². The van der Waals surface area contributed by atoms with E-state index >= 15 is 0 Å². The van der Waals surface area contributed by atoms with Crippen LogP contribution in [-0.4, -0.2) is 108 Å². The van der Waals surface area contributed by atoms with Crippen LogP contribution < -0.4 is 24.8 Å². The van der Waals surface area contributed by atoms with Crippen molar-refractivity contribution < 1.29 is 59.7 Å². The number of likely N-dealkylation sites (tertiary alicyclic amines) is 1. The number of hydrogen-bond acceptors (Lipinski definition) is 11. The number of ether oxygens (including phenoxy) is 4. The maximum Gasteiger partial charge on any atom is 0.408 e. The Labute approximate surface area is 336 Å². The van der Waals surface area contributed by atoms with Gasteiger partial charge in [0.2, 0.25) is 27.7 Å². The quantitative estimate of drug-likeness (QED) is 0.188. The second-order valence-corrected chi connectivity index (χ2v) is 18.6. The van der Waals surface area contributed by atoms with Crippen LogP contribution >= 0.6 is 0 Å². The number of benzene rings is 1. The Morgan fingerprint density at radius 1 is 1.14 bits per heavy atom. The number of halogens is 3. The van der Waals surface area contributed by atoms with E-state index in [1.54, 1.807) is 26.8 Å². The Morgan fingerprint density at radius 2 is 1.81 bits per heavy atom. The molecule has 0 spiro atoms.